The van der Waals surface area contributed by atoms with Gasteiger partial charge in [0, 0.05) is 11.9 Å². The minimum atomic E-state index is 0.462. The Hall–Kier alpha value is -2.07. The van der Waals surface area contributed by atoms with Crippen molar-refractivity contribution in [3.05, 3.63) is 52.8 Å². The Bertz CT molecular complexity index is 731. The van der Waals surface area contributed by atoms with E-state index in [1.807, 2.05) is 48.0 Å². The number of hydrogen-bond acceptors (Lipinski definition) is 3. The first kappa shape index (κ1) is 12.0. The molecule has 1 aromatic carbocycles. The average molecular weight is 273 g/mol. The monoisotopic (exact) mass is 272 g/mol. The van der Waals surface area contributed by atoms with Crippen LogP contribution in [-0.4, -0.2) is 14.5 Å². The van der Waals surface area contributed by atoms with Gasteiger partial charge in [-0.1, -0.05) is 23.7 Å². The molecule has 0 atom stereocenters. The topological polar surface area (TPSA) is 56.7 Å². The van der Waals surface area contributed by atoms with E-state index in [2.05, 4.69) is 9.97 Å². The molecule has 0 aliphatic heterocycles. The van der Waals surface area contributed by atoms with E-state index in [0.29, 0.717) is 17.5 Å². The van der Waals surface area contributed by atoms with E-state index in [0.717, 1.165) is 22.3 Å². The van der Waals surface area contributed by atoms with E-state index in [4.69, 9.17) is 17.3 Å². The third-order valence-corrected chi connectivity index (χ3v) is 3.37. The number of para-hydroxylation sites is 1. The molecule has 0 amide bonds. The second-order valence-corrected chi connectivity index (χ2v) is 4.88. The summed E-state index contributed by atoms with van der Waals surface area (Å²) in [6.45, 7) is 2.57. The van der Waals surface area contributed by atoms with E-state index < -0.39 is 0 Å². The van der Waals surface area contributed by atoms with Crippen molar-refractivity contribution in [3.8, 4) is 0 Å². The van der Waals surface area contributed by atoms with E-state index >= 15 is 0 Å². The molecule has 2 aromatic heterocycles. The van der Waals surface area contributed by atoms with Crippen LogP contribution >= 0.6 is 11.6 Å². The zero-order chi connectivity index (χ0) is 13.4. The second kappa shape index (κ2) is 4.55. The lowest BCUT2D eigenvalue weighted by molar-refractivity contribution is 0.832. The van der Waals surface area contributed by atoms with Crippen LogP contribution in [0, 0.1) is 6.92 Å². The van der Waals surface area contributed by atoms with Gasteiger partial charge in [-0.2, -0.15) is 0 Å². The Morgan fingerprint density at radius 2 is 2.11 bits per heavy atom. The van der Waals surface area contributed by atoms with E-state index in [1.54, 1.807) is 0 Å². The average Bonchev–Trinajstić information content (AvgIpc) is 2.70. The maximum Gasteiger partial charge on any atom is 0.201 e. The van der Waals surface area contributed by atoms with Crippen LogP contribution in [0.3, 0.4) is 0 Å². The number of halogens is 1. The Morgan fingerprint density at radius 1 is 1.26 bits per heavy atom. The third-order valence-electron chi connectivity index (χ3n) is 3.06. The van der Waals surface area contributed by atoms with E-state index in [-0.39, 0.29) is 0 Å². The van der Waals surface area contributed by atoms with Gasteiger partial charge in [-0.3, -0.25) is 4.98 Å². The van der Waals surface area contributed by atoms with Gasteiger partial charge in [-0.05, 0) is 30.7 Å². The second-order valence-electron chi connectivity index (χ2n) is 4.47. The van der Waals surface area contributed by atoms with Crippen LogP contribution in [0.5, 0.6) is 0 Å². The summed E-state index contributed by atoms with van der Waals surface area (Å²) >= 11 is 6.23. The number of nitrogens with zero attached hydrogens (tertiary/aromatic N) is 3. The van der Waals surface area contributed by atoms with Crippen molar-refractivity contribution in [2.75, 3.05) is 5.73 Å². The zero-order valence-electron chi connectivity index (χ0n) is 10.5. The maximum atomic E-state index is 6.23. The molecule has 0 aliphatic carbocycles. The number of anilines is 1. The van der Waals surface area contributed by atoms with Crippen LogP contribution in [0.15, 0.2) is 36.5 Å². The smallest absolute Gasteiger partial charge is 0.201 e. The van der Waals surface area contributed by atoms with Crippen LogP contribution in [0.25, 0.3) is 11.0 Å². The third kappa shape index (κ3) is 2.15. The van der Waals surface area contributed by atoms with Crippen molar-refractivity contribution in [1.29, 1.82) is 0 Å². The van der Waals surface area contributed by atoms with Gasteiger partial charge in [0.1, 0.15) is 0 Å². The fourth-order valence-corrected chi connectivity index (χ4v) is 2.37. The number of rotatable bonds is 2. The van der Waals surface area contributed by atoms with E-state index in [1.165, 1.54) is 0 Å². The van der Waals surface area contributed by atoms with Gasteiger partial charge in [0.05, 0.1) is 22.6 Å². The molecule has 0 bridgehead atoms. The number of aryl methyl sites for hydroxylation is 1. The van der Waals surface area contributed by atoms with Crippen molar-refractivity contribution < 1.29 is 0 Å². The molecule has 0 radical (unpaired) electrons. The van der Waals surface area contributed by atoms with Gasteiger partial charge in [0.25, 0.3) is 0 Å². The molecule has 0 aliphatic rings. The van der Waals surface area contributed by atoms with Crippen LogP contribution in [0.2, 0.25) is 5.02 Å². The van der Waals surface area contributed by atoms with Gasteiger partial charge < -0.3 is 10.3 Å². The number of fused-ring (bicyclic) bond motifs is 1. The van der Waals surface area contributed by atoms with Gasteiger partial charge in [-0.25, -0.2) is 4.98 Å². The Morgan fingerprint density at radius 3 is 2.84 bits per heavy atom. The predicted octanol–water partition coefficient (Wildman–Crippen LogP) is 3.02. The largest absolute Gasteiger partial charge is 0.369 e. The van der Waals surface area contributed by atoms with Gasteiger partial charge in [0.2, 0.25) is 5.95 Å². The molecule has 5 heteroatoms. The highest BCUT2D eigenvalue weighted by Crippen LogP contribution is 2.26. The Labute approximate surface area is 115 Å². The molecule has 96 valence electrons. The van der Waals surface area contributed by atoms with Crippen LogP contribution in [-0.2, 0) is 6.54 Å². The number of hydrogen-bond donors (Lipinski definition) is 1. The molecule has 19 heavy (non-hydrogen) atoms. The molecule has 0 saturated heterocycles. The Kier molecular flexibility index (Phi) is 2.87. The molecule has 4 nitrogen and oxygen atoms in total. The summed E-state index contributed by atoms with van der Waals surface area (Å²) in [7, 11) is 0. The minimum absolute atomic E-state index is 0.462. The number of aromatic nitrogens is 3. The molecule has 3 aromatic rings. The molecular weight excluding hydrogens is 260 g/mol. The van der Waals surface area contributed by atoms with Gasteiger partial charge in [0.15, 0.2) is 0 Å². The highest BCUT2D eigenvalue weighted by Gasteiger charge is 2.11. The first-order valence-corrected chi connectivity index (χ1v) is 6.35. The van der Waals surface area contributed by atoms with Crippen molar-refractivity contribution in [2.45, 2.75) is 13.5 Å². The lowest BCUT2D eigenvalue weighted by Crippen LogP contribution is -2.05. The fraction of sp³-hybridized carbons (Fsp3) is 0.143. The highest BCUT2D eigenvalue weighted by molar-refractivity contribution is 6.35. The fourth-order valence-electron chi connectivity index (χ4n) is 2.09. The lowest BCUT2D eigenvalue weighted by atomic mass is 10.2. The van der Waals surface area contributed by atoms with Gasteiger partial charge >= 0.3 is 0 Å². The maximum absolute atomic E-state index is 6.23. The molecule has 0 saturated carbocycles. The number of nitrogens with two attached hydrogens (primary N) is 1. The first-order chi connectivity index (χ1) is 9.15. The van der Waals surface area contributed by atoms with Crippen LogP contribution < -0.4 is 5.73 Å². The molecule has 0 fully saturated rings. The van der Waals surface area contributed by atoms with Crippen molar-refractivity contribution >= 4 is 28.6 Å². The first-order valence-electron chi connectivity index (χ1n) is 5.97. The van der Waals surface area contributed by atoms with Crippen LogP contribution in [0.1, 0.15) is 11.3 Å². The predicted molar refractivity (Wildman–Crippen MR) is 77.2 cm³/mol. The van der Waals surface area contributed by atoms with Crippen molar-refractivity contribution in [3.63, 3.8) is 0 Å². The highest BCUT2D eigenvalue weighted by atomic mass is 35.5. The quantitative estimate of drug-likeness (QED) is 0.780. The van der Waals surface area contributed by atoms with E-state index in [9.17, 15) is 0 Å². The summed E-state index contributed by atoms with van der Waals surface area (Å²) in [5.74, 6) is 0.462. The Balaban J connectivity index is 2.09. The number of pyridine rings is 1. The van der Waals surface area contributed by atoms with Gasteiger partial charge in [-0.15, -0.1) is 0 Å². The standard InChI is InChI=1S/C14H13ClN4/c1-9-5-6-10(7-17-9)8-19-13-11(15)3-2-4-12(13)18-14(19)16/h2-7H,8H2,1H3,(H2,16,18). The summed E-state index contributed by atoms with van der Waals surface area (Å²) in [6.07, 6.45) is 1.84. The van der Waals surface area contributed by atoms with Crippen molar-refractivity contribution in [1.82, 2.24) is 14.5 Å². The van der Waals surface area contributed by atoms with Crippen LogP contribution in [0.4, 0.5) is 5.95 Å². The molecular formula is C14H13ClN4. The minimum Gasteiger partial charge on any atom is -0.369 e. The zero-order valence-corrected chi connectivity index (χ0v) is 11.2. The summed E-state index contributed by atoms with van der Waals surface area (Å²) in [4.78, 5) is 8.61. The molecule has 0 spiro atoms. The molecule has 3 rings (SSSR count). The number of nitrogen functional groups attached to an aromatic ring is 1. The SMILES string of the molecule is Cc1ccc(Cn2c(N)nc3cccc(Cl)c32)cn1. The lowest BCUT2D eigenvalue weighted by Gasteiger charge is -2.07. The summed E-state index contributed by atoms with van der Waals surface area (Å²) < 4.78 is 1.91. The summed E-state index contributed by atoms with van der Waals surface area (Å²) in [6, 6.07) is 9.63. The number of imidazole rings is 1. The normalized spacial score (nSPS) is 11.1. The number of benzene rings is 1. The molecule has 2 N–H and O–H groups in total. The summed E-state index contributed by atoms with van der Waals surface area (Å²) in [5, 5.41) is 0.654. The molecule has 0 unspecified atom stereocenters. The molecule has 2 heterocycles. The van der Waals surface area contributed by atoms with Crippen molar-refractivity contribution in [2.24, 2.45) is 0 Å². The summed E-state index contributed by atoms with van der Waals surface area (Å²) in [5.41, 5.74) is 9.70.